The van der Waals surface area contributed by atoms with Crippen LogP contribution >= 0.6 is 0 Å². The largest absolute Gasteiger partial charge is 0.356 e. The van der Waals surface area contributed by atoms with Gasteiger partial charge < -0.3 is 15.2 Å². The molecule has 164 valence electrons. The smallest absolute Gasteiger partial charge is 0.321 e. The van der Waals surface area contributed by atoms with Crippen LogP contribution in [0.1, 0.15) is 33.4 Å². The van der Waals surface area contributed by atoms with Gasteiger partial charge in [0, 0.05) is 53.7 Å². The molecule has 1 atom stereocenters. The summed E-state index contributed by atoms with van der Waals surface area (Å²) < 4.78 is 0. The average molecular weight is 438 g/mol. The third-order valence-corrected chi connectivity index (χ3v) is 6.52. The zero-order valence-corrected chi connectivity index (χ0v) is 18.0. The Morgan fingerprint density at radius 1 is 1.00 bits per heavy atom. The number of para-hydroxylation sites is 1. The monoisotopic (exact) mass is 437 g/mol. The zero-order valence-electron chi connectivity index (χ0n) is 18.0. The molecule has 0 radical (unpaired) electrons. The van der Waals surface area contributed by atoms with Crippen LogP contribution in [0.3, 0.4) is 0 Å². The molecule has 6 rings (SSSR count). The highest BCUT2D eigenvalue weighted by Gasteiger charge is 2.36. The molecule has 0 aliphatic carbocycles. The Bertz CT molecular complexity index is 1360. The van der Waals surface area contributed by atoms with E-state index < -0.39 is 0 Å². The van der Waals surface area contributed by atoms with Crippen molar-refractivity contribution in [3.8, 4) is 0 Å². The van der Waals surface area contributed by atoms with Crippen LogP contribution in [0.25, 0.3) is 10.9 Å². The number of nitrogens with one attached hydrogen (secondary N) is 2. The Labute approximate surface area is 191 Å². The van der Waals surface area contributed by atoms with E-state index in [4.69, 9.17) is 0 Å². The van der Waals surface area contributed by atoms with Crippen molar-refractivity contribution in [2.24, 2.45) is 0 Å². The number of pyridine rings is 1. The number of rotatable bonds is 3. The van der Waals surface area contributed by atoms with Gasteiger partial charge in [0.05, 0.1) is 5.69 Å². The Hall–Kier alpha value is -4.13. The van der Waals surface area contributed by atoms with Crippen LogP contribution in [0.5, 0.6) is 0 Å². The molecule has 4 heterocycles. The lowest BCUT2D eigenvalue weighted by Gasteiger charge is -2.35. The molecule has 0 spiro atoms. The average Bonchev–Trinajstić information content (AvgIpc) is 3.47. The second kappa shape index (κ2) is 7.78. The molecule has 2 aliphatic rings. The maximum absolute atomic E-state index is 13.8. The molecule has 3 amide bonds. The highest BCUT2D eigenvalue weighted by atomic mass is 16.2. The number of H-pyrrole nitrogens is 1. The minimum atomic E-state index is -0.311. The van der Waals surface area contributed by atoms with Crippen molar-refractivity contribution in [2.75, 3.05) is 24.5 Å². The van der Waals surface area contributed by atoms with Gasteiger partial charge in [0.25, 0.3) is 5.91 Å². The van der Waals surface area contributed by atoms with E-state index in [-0.39, 0.29) is 18.0 Å². The summed E-state index contributed by atoms with van der Waals surface area (Å²) in [6.07, 6.45) is 2.53. The van der Waals surface area contributed by atoms with Crippen molar-refractivity contribution in [3.05, 3.63) is 95.4 Å². The number of carbonyl (C=O) groups excluding carboxylic acids is 2. The second-order valence-corrected chi connectivity index (χ2v) is 8.40. The van der Waals surface area contributed by atoms with Gasteiger partial charge in [-0.05, 0) is 48.4 Å². The predicted octanol–water partition coefficient (Wildman–Crippen LogP) is 3.88. The highest BCUT2D eigenvalue weighted by molar-refractivity contribution is 5.99. The van der Waals surface area contributed by atoms with Crippen LogP contribution in [0.4, 0.5) is 10.5 Å². The number of urea groups is 1. The second-order valence-electron chi connectivity index (χ2n) is 8.40. The Morgan fingerprint density at radius 2 is 1.88 bits per heavy atom. The number of hydrogen-bond acceptors (Lipinski definition) is 3. The first-order chi connectivity index (χ1) is 16.2. The van der Waals surface area contributed by atoms with Crippen molar-refractivity contribution >= 4 is 28.5 Å². The number of fused-ring (bicyclic) bond motifs is 3. The van der Waals surface area contributed by atoms with E-state index in [1.807, 2.05) is 59.5 Å². The molecule has 33 heavy (non-hydrogen) atoms. The number of aromatic amines is 1. The third-order valence-electron chi connectivity index (χ3n) is 6.52. The molecule has 1 saturated heterocycles. The van der Waals surface area contributed by atoms with Crippen LogP contribution in [0.15, 0.2) is 72.9 Å². The number of hydrogen-bond donors (Lipinski definition) is 2. The number of amides is 3. The van der Waals surface area contributed by atoms with E-state index in [0.29, 0.717) is 25.2 Å². The fraction of sp³-hybridized carbons (Fsp3) is 0.192. The lowest BCUT2D eigenvalue weighted by Crippen LogP contribution is -2.41. The van der Waals surface area contributed by atoms with Crippen molar-refractivity contribution in [1.82, 2.24) is 20.2 Å². The maximum Gasteiger partial charge on any atom is 0.321 e. The summed E-state index contributed by atoms with van der Waals surface area (Å²) >= 11 is 0. The molecule has 1 fully saturated rings. The van der Waals surface area contributed by atoms with Gasteiger partial charge in [-0.2, -0.15) is 0 Å². The first-order valence-electron chi connectivity index (χ1n) is 11.2. The van der Waals surface area contributed by atoms with Crippen molar-refractivity contribution < 1.29 is 9.59 Å². The number of anilines is 1. The highest BCUT2D eigenvalue weighted by Crippen LogP contribution is 2.38. The lowest BCUT2D eigenvalue weighted by molar-refractivity contribution is 0.0688. The molecule has 0 saturated carbocycles. The molecule has 0 bridgehead atoms. The lowest BCUT2D eigenvalue weighted by atomic mass is 9.94. The fourth-order valence-electron chi connectivity index (χ4n) is 5.00. The summed E-state index contributed by atoms with van der Waals surface area (Å²) in [5, 5.41) is 4.01. The Morgan fingerprint density at radius 3 is 2.70 bits per heavy atom. The molecule has 7 nitrogen and oxygen atoms in total. The van der Waals surface area contributed by atoms with Crippen LogP contribution in [-0.2, 0) is 6.42 Å². The third kappa shape index (κ3) is 3.24. The molecule has 2 N–H and O–H groups in total. The summed E-state index contributed by atoms with van der Waals surface area (Å²) in [5.41, 5.74) is 5.45. The van der Waals surface area contributed by atoms with Crippen molar-refractivity contribution in [2.45, 2.75) is 12.5 Å². The summed E-state index contributed by atoms with van der Waals surface area (Å²) in [4.78, 5) is 37.7. The molecule has 0 unspecified atom stereocenters. The topological polar surface area (TPSA) is 81.3 Å². The molecule has 2 aromatic carbocycles. The van der Waals surface area contributed by atoms with Crippen molar-refractivity contribution in [3.63, 3.8) is 0 Å². The van der Waals surface area contributed by atoms with Gasteiger partial charge in [-0.1, -0.05) is 30.3 Å². The summed E-state index contributed by atoms with van der Waals surface area (Å²) in [6, 6.07) is 20.9. The normalized spacial score (nSPS) is 17.8. The van der Waals surface area contributed by atoms with E-state index >= 15 is 0 Å². The fourth-order valence-corrected chi connectivity index (χ4v) is 5.00. The molecular formula is C26H23N5O2. The van der Waals surface area contributed by atoms with Gasteiger partial charge in [-0.3, -0.25) is 14.7 Å². The number of aromatic nitrogens is 2. The summed E-state index contributed by atoms with van der Waals surface area (Å²) in [7, 11) is 0. The molecule has 2 aromatic heterocycles. The van der Waals surface area contributed by atoms with E-state index in [1.165, 1.54) is 10.9 Å². The van der Waals surface area contributed by atoms with E-state index in [1.54, 1.807) is 11.1 Å². The summed E-state index contributed by atoms with van der Waals surface area (Å²) in [6.45, 7) is 1.78. The van der Waals surface area contributed by atoms with E-state index in [0.717, 1.165) is 29.0 Å². The first kappa shape index (κ1) is 19.5. The minimum absolute atomic E-state index is 0.0728. The van der Waals surface area contributed by atoms with E-state index in [2.05, 4.69) is 27.4 Å². The quantitative estimate of drug-likeness (QED) is 0.510. The molecular weight excluding hydrogens is 414 g/mol. The minimum Gasteiger partial charge on any atom is -0.356 e. The zero-order chi connectivity index (χ0) is 22.4. The van der Waals surface area contributed by atoms with Crippen LogP contribution in [0.2, 0.25) is 0 Å². The molecule has 7 heteroatoms. The maximum atomic E-state index is 13.8. The SMILES string of the molecule is O=C1NCCN1c1cccc(C(=O)N2CCc3c([nH]c4ccccc34)[C@@H]2c2ccccn2)c1. The number of nitrogens with zero attached hydrogens (tertiary/aromatic N) is 3. The molecule has 4 aromatic rings. The molecule has 2 aliphatic heterocycles. The summed E-state index contributed by atoms with van der Waals surface area (Å²) in [5.74, 6) is -0.0728. The van der Waals surface area contributed by atoms with Gasteiger partial charge in [-0.15, -0.1) is 0 Å². The van der Waals surface area contributed by atoms with Crippen LogP contribution in [0, 0.1) is 0 Å². The number of carbonyl (C=O) groups is 2. The van der Waals surface area contributed by atoms with Crippen LogP contribution < -0.4 is 10.2 Å². The van der Waals surface area contributed by atoms with Gasteiger partial charge in [0.2, 0.25) is 0 Å². The Kier molecular flexibility index (Phi) is 4.61. The first-order valence-corrected chi connectivity index (χ1v) is 11.2. The number of benzene rings is 2. The van der Waals surface area contributed by atoms with Gasteiger partial charge >= 0.3 is 6.03 Å². The van der Waals surface area contributed by atoms with Gasteiger partial charge in [0.15, 0.2) is 0 Å². The van der Waals surface area contributed by atoms with Gasteiger partial charge in [0.1, 0.15) is 6.04 Å². The Balaban J connectivity index is 1.42. The predicted molar refractivity (Wildman–Crippen MR) is 126 cm³/mol. The standard InChI is InChI=1S/C26H23N5O2/c32-25(17-6-5-7-18(16-17)30-15-13-28-26(30)33)31-14-11-20-19-8-1-2-9-21(19)29-23(20)24(31)22-10-3-4-12-27-22/h1-10,12,16,24,29H,11,13-15H2,(H,28,33)/t24-/m0/s1. The van der Waals surface area contributed by atoms with Crippen molar-refractivity contribution in [1.29, 1.82) is 0 Å². The van der Waals surface area contributed by atoms with E-state index in [9.17, 15) is 9.59 Å². The van der Waals surface area contributed by atoms with Gasteiger partial charge in [-0.25, -0.2) is 4.79 Å². The van der Waals surface area contributed by atoms with Crippen LogP contribution in [-0.4, -0.2) is 46.4 Å².